The maximum atomic E-state index is 11.2. The summed E-state index contributed by atoms with van der Waals surface area (Å²) in [6.07, 6.45) is 0. The third kappa shape index (κ3) is 5.64. The molecular weight excluding hydrogens is 276 g/mol. The second-order valence-corrected chi connectivity index (χ2v) is 4.57. The van der Waals surface area contributed by atoms with Crippen LogP contribution >= 0.6 is 0 Å². The largest absolute Gasteiger partial charge is 0.461 e. The summed E-state index contributed by atoms with van der Waals surface area (Å²) in [7, 11) is 0. The third-order valence-electron chi connectivity index (χ3n) is 2.49. The molecule has 0 spiro atoms. The number of hydrogen-bond acceptors (Lipinski definition) is 6. The normalized spacial score (nSPS) is 9.90. The van der Waals surface area contributed by atoms with Crippen LogP contribution in [0.5, 0.6) is 5.75 Å². The molecule has 0 bridgehead atoms. The number of rotatable bonds is 5. The first-order valence-corrected chi connectivity index (χ1v) is 6.37. The maximum Gasteiger partial charge on any atom is 0.308 e. The second kappa shape index (κ2) is 7.42. The molecule has 6 nitrogen and oxygen atoms in total. The molecule has 0 unspecified atom stereocenters. The molecule has 0 aliphatic rings. The maximum absolute atomic E-state index is 11.2. The van der Waals surface area contributed by atoms with Gasteiger partial charge in [-0.1, -0.05) is 5.56 Å². The van der Waals surface area contributed by atoms with Crippen LogP contribution in [0.15, 0.2) is 12.1 Å². The van der Waals surface area contributed by atoms with Crippen LogP contribution in [0.3, 0.4) is 0 Å². The zero-order valence-electron chi connectivity index (χ0n) is 12.5. The molecule has 0 aliphatic carbocycles. The van der Waals surface area contributed by atoms with E-state index in [1.807, 2.05) is 6.92 Å². The molecule has 21 heavy (non-hydrogen) atoms. The van der Waals surface area contributed by atoms with E-state index < -0.39 is 17.9 Å². The van der Waals surface area contributed by atoms with Crippen molar-refractivity contribution in [2.24, 2.45) is 0 Å². The van der Waals surface area contributed by atoms with Crippen molar-refractivity contribution in [1.29, 1.82) is 0 Å². The molecule has 0 saturated heterocycles. The number of carbonyl (C=O) groups excluding carboxylic acids is 3. The van der Waals surface area contributed by atoms with Gasteiger partial charge in [0.25, 0.3) is 0 Å². The topological polar surface area (TPSA) is 78.9 Å². The molecule has 6 heteroatoms. The molecule has 0 atom stereocenters. The molecule has 0 aliphatic heterocycles. The fourth-order valence-corrected chi connectivity index (χ4v) is 1.78. The van der Waals surface area contributed by atoms with Gasteiger partial charge in [-0.2, -0.15) is 0 Å². The average molecular weight is 294 g/mol. The molecule has 0 heterocycles. The highest BCUT2D eigenvalue weighted by atomic mass is 16.6. The number of hydrogen-bond donors (Lipinski definition) is 0. The van der Waals surface area contributed by atoms with Gasteiger partial charge < -0.3 is 14.2 Å². The van der Waals surface area contributed by atoms with E-state index in [1.165, 1.54) is 20.8 Å². The fraction of sp³-hybridized carbons (Fsp3) is 0.400. The Bertz CT molecular complexity index is 522. The Morgan fingerprint density at radius 2 is 1.29 bits per heavy atom. The highest BCUT2D eigenvalue weighted by Gasteiger charge is 2.15. The standard InChI is InChI=1S/C15H18O6/c1-9-5-13(7-19-10(2)16)15(21-12(4)18)14(6-9)8-20-11(3)17/h5-6H,7-8H2,1-4H3. The minimum atomic E-state index is -0.507. The lowest BCUT2D eigenvalue weighted by Crippen LogP contribution is -2.10. The van der Waals surface area contributed by atoms with Gasteiger partial charge in [0.05, 0.1) is 0 Å². The molecule has 0 amide bonds. The van der Waals surface area contributed by atoms with E-state index in [-0.39, 0.29) is 19.0 Å². The summed E-state index contributed by atoms with van der Waals surface area (Å²) < 4.78 is 15.1. The molecule has 0 saturated carbocycles. The quantitative estimate of drug-likeness (QED) is 0.611. The highest BCUT2D eigenvalue weighted by molar-refractivity contribution is 5.71. The Labute approximate surface area is 123 Å². The SMILES string of the molecule is CC(=O)OCc1cc(C)cc(COC(C)=O)c1OC(C)=O. The number of aryl methyl sites for hydroxylation is 1. The van der Waals surface area contributed by atoms with Gasteiger partial charge in [-0.15, -0.1) is 0 Å². The molecular formula is C15H18O6. The van der Waals surface area contributed by atoms with E-state index in [0.29, 0.717) is 11.1 Å². The zero-order chi connectivity index (χ0) is 16.0. The minimum Gasteiger partial charge on any atom is -0.461 e. The van der Waals surface area contributed by atoms with Crippen LogP contribution in [0.2, 0.25) is 0 Å². The molecule has 1 rings (SSSR count). The first kappa shape index (κ1) is 16.7. The van der Waals surface area contributed by atoms with Crippen LogP contribution in [-0.4, -0.2) is 17.9 Å². The summed E-state index contributed by atoms with van der Waals surface area (Å²) in [6, 6.07) is 3.50. The summed E-state index contributed by atoms with van der Waals surface area (Å²) >= 11 is 0. The summed E-state index contributed by atoms with van der Waals surface area (Å²) in [4.78, 5) is 33.1. The predicted octanol–water partition coefficient (Wildman–Crippen LogP) is 2.05. The monoisotopic (exact) mass is 294 g/mol. The van der Waals surface area contributed by atoms with Gasteiger partial charge >= 0.3 is 17.9 Å². The van der Waals surface area contributed by atoms with Crippen LogP contribution in [0.25, 0.3) is 0 Å². The Kier molecular flexibility index (Phi) is 5.90. The van der Waals surface area contributed by atoms with Crippen molar-refractivity contribution in [3.63, 3.8) is 0 Å². The lowest BCUT2D eigenvalue weighted by atomic mass is 10.1. The molecule has 1 aromatic carbocycles. The van der Waals surface area contributed by atoms with Crippen molar-refractivity contribution in [2.45, 2.75) is 40.9 Å². The fourth-order valence-electron chi connectivity index (χ4n) is 1.78. The molecule has 114 valence electrons. The summed E-state index contributed by atoms with van der Waals surface area (Å²) in [5.74, 6) is -1.12. The highest BCUT2D eigenvalue weighted by Crippen LogP contribution is 2.28. The summed E-state index contributed by atoms with van der Waals surface area (Å²) in [5.41, 5.74) is 1.96. The van der Waals surface area contributed by atoms with Crippen molar-refractivity contribution in [3.05, 3.63) is 28.8 Å². The van der Waals surface area contributed by atoms with Crippen molar-refractivity contribution in [3.8, 4) is 5.75 Å². The van der Waals surface area contributed by atoms with E-state index in [0.717, 1.165) is 5.56 Å². The lowest BCUT2D eigenvalue weighted by molar-refractivity contribution is -0.142. The molecule has 0 radical (unpaired) electrons. The van der Waals surface area contributed by atoms with Gasteiger partial charge in [0.15, 0.2) is 0 Å². The van der Waals surface area contributed by atoms with Crippen molar-refractivity contribution >= 4 is 17.9 Å². The zero-order valence-corrected chi connectivity index (χ0v) is 12.5. The van der Waals surface area contributed by atoms with Crippen LogP contribution in [0.1, 0.15) is 37.5 Å². The Morgan fingerprint density at radius 3 is 1.62 bits per heavy atom. The molecule has 1 aromatic rings. The predicted molar refractivity (Wildman–Crippen MR) is 73.4 cm³/mol. The van der Waals surface area contributed by atoms with Gasteiger partial charge in [0.1, 0.15) is 19.0 Å². The second-order valence-electron chi connectivity index (χ2n) is 4.57. The van der Waals surface area contributed by atoms with Crippen molar-refractivity contribution in [2.75, 3.05) is 0 Å². The van der Waals surface area contributed by atoms with Gasteiger partial charge in [-0.05, 0) is 19.1 Å². The van der Waals surface area contributed by atoms with Crippen LogP contribution in [-0.2, 0) is 37.1 Å². The average Bonchev–Trinajstić information content (AvgIpc) is 2.35. The van der Waals surface area contributed by atoms with Crippen molar-refractivity contribution in [1.82, 2.24) is 0 Å². The number of esters is 3. The van der Waals surface area contributed by atoms with Gasteiger partial charge in [0.2, 0.25) is 0 Å². The van der Waals surface area contributed by atoms with Crippen LogP contribution in [0.4, 0.5) is 0 Å². The van der Waals surface area contributed by atoms with E-state index in [9.17, 15) is 14.4 Å². The molecule has 0 aromatic heterocycles. The Morgan fingerprint density at radius 1 is 0.857 bits per heavy atom. The third-order valence-corrected chi connectivity index (χ3v) is 2.49. The number of benzene rings is 1. The first-order chi connectivity index (χ1) is 9.79. The minimum absolute atomic E-state index is 0.0211. The smallest absolute Gasteiger partial charge is 0.308 e. The van der Waals surface area contributed by atoms with Gasteiger partial charge in [0, 0.05) is 31.9 Å². The van der Waals surface area contributed by atoms with E-state index in [4.69, 9.17) is 14.2 Å². The summed E-state index contributed by atoms with van der Waals surface area (Å²) in [6.45, 7) is 5.65. The van der Waals surface area contributed by atoms with Crippen LogP contribution < -0.4 is 4.74 Å². The van der Waals surface area contributed by atoms with Crippen LogP contribution in [0, 0.1) is 6.92 Å². The van der Waals surface area contributed by atoms with E-state index in [2.05, 4.69) is 0 Å². The Balaban J connectivity index is 3.15. The van der Waals surface area contributed by atoms with Crippen molar-refractivity contribution < 1.29 is 28.6 Å². The van der Waals surface area contributed by atoms with E-state index in [1.54, 1.807) is 12.1 Å². The van der Waals surface area contributed by atoms with Gasteiger partial charge in [-0.25, -0.2) is 0 Å². The number of carbonyl (C=O) groups is 3. The summed E-state index contributed by atoms with van der Waals surface area (Å²) in [5, 5.41) is 0. The number of ether oxygens (including phenoxy) is 3. The Hall–Kier alpha value is -2.37. The first-order valence-electron chi connectivity index (χ1n) is 6.37. The molecule has 0 fully saturated rings. The lowest BCUT2D eigenvalue weighted by Gasteiger charge is -2.15. The van der Waals surface area contributed by atoms with Gasteiger partial charge in [-0.3, -0.25) is 14.4 Å². The molecule has 0 N–H and O–H groups in total. The van der Waals surface area contributed by atoms with E-state index >= 15 is 0 Å².